The van der Waals surface area contributed by atoms with Crippen molar-refractivity contribution in [2.45, 2.75) is 12.8 Å². The molecule has 0 unspecified atom stereocenters. The van der Waals surface area contributed by atoms with Gasteiger partial charge in [0.2, 0.25) is 0 Å². The molecule has 0 saturated carbocycles. The average molecular weight is 276 g/mol. The molecule has 20 heavy (non-hydrogen) atoms. The van der Waals surface area contributed by atoms with Gasteiger partial charge in [-0.15, -0.1) is 0 Å². The quantitative estimate of drug-likeness (QED) is 0.705. The third kappa shape index (κ3) is 4.71. The molecule has 0 aliphatic rings. The molecule has 6 heteroatoms. The summed E-state index contributed by atoms with van der Waals surface area (Å²) in [5, 5.41) is 3.28. The Morgan fingerprint density at radius 3 is 2.85 bits per heavy atom. The van der Waals surface area contributed by atoms with E-state index in [1.54, 1.807) is 19.5 Å². The molecular formula is C14H20N4O2. The zero-order chi connectivity index (χ0) is 14.0. The van der Waals surface area contributed by atoms with Gasteiger partial charge in [-0.1, -0.05) is 0 Å². The van der Waals surface area contributed by atoms with E-state index in [0.717, 1.165) is 37.3 Å². The minimum absolute atomic E-state index is 0.653. The van der Waals surface area contributed by atoms with Gasteiger partial charge in [0.25, 0.3) is 0 Å². The number of hydrogen-bond donors (Lipinski definition) is 1. The van der Waals surface area contributed by atoms with Crippen LogP contribution in [0, 0.1) is 0 Å². The summed E-state index contributed by atoms with van der Waals surface area (Å²) >= 11 is 0. The fourth-order valence-corrected chi connectivity index (χ4v) is 1.74. The highest BCUT2D eigenvalue weighted by Gasteiger charge is 1.99. The first-order chi connectivity index (χ1) is 9.90. The summed E-state index contributed by atoms with van der Waals surface area (Å²) in [5.41, 5.74) is 1.48. The number of nitrogens with zero attached hydrogens (tertiary/aromatic N) is 3. The molecule has 0 spiro atoms. The van der Waals surface area contributed by atoms with Crippen molar-refractivity contribution in [2.24, 2.45) is 0 Å². The molecule has 108 valence electrons. The Balaban J connectivity index is 1.65. The Hall–Kier alpha value is -1.79. The molecule has 2 rings (SSSR count). The molecule has 2 aromatic rings. The number of anilines is 1. The van der Waals surface area contributed by atoms with E-state index < -0.39 is 0 Å². The summed E-state index contributed by atoms with van der Waals surface area (Å²) < 4.78 is 10.3. The van der Waals surface area contributed by atoms with E-state index in [0.29, 0.717) is 18.9 Å². The maximum Gasteiger partial charge on any atom is 0.180 e. The van der Waals surface area contributed by atoms with Gasteiger partial charge in [0.1, 0.15) is 11.3 Å². The first-order valence-electron chi connectivity index (χ1n) is 6.78. The fraction of sp³-hybridized carbons (Fsp3) is 0.500. The summed E-state index contributed by atoms with van der Waals surface area (Å²) in [6.45, 7) is 2.95. The van der Waals surface area contributed by atoms with E-state index in [2.05, 4.69) is 20.3 Å². The number of hydrogen-bond acceptors (Lipinski definition) is 6. The second-order valence-electron chi connectivity index (χ2n) is 4.33. The number of unbranched alkanes of at least 4 members (excludes halogenated alkanes) is 1. The van der Waals surface area contributed by atoms with Crippen LogP contribution in [-0.4, -0.2) is 48.4 Å². The minimum atomic E-state index is 0.653. The molecular weight excluding hydrogens is 256 g/mol. The average Bonchev–Trinajstić information content (AvgIpc) is 2.50. The molecule has 2 aromatic heterocycles. The van der Waals surface area contributed by atoms with Crippen LogP contribution in [0.4, 0.5) is 5.82 Å². The van der Waals surface area contributed by atoms with E-state index in [1.165, 1.54) is 0 Å². The van der Waals surface area contributed by atoms with Crippen molar-refractivity contribution in [3.8, 4) is 0 Å². The summed E-state index contributed by atoms with van der Waals surface area (Å²) in [4.78, 5) is 12.8. The van der Waals surface area contributed by atoms with Crippen LogP contribution in [0.15, 0.2) is 24.5 Å². The van der Waals surface area contributed by atoms with Crippen molar-refractivity contribution < 1.29 is 9.47 Å². The van der Waals surface area contributed by atoms with Gasteiger partial charge in [0, 0.05) is 32.7 Å². The maximum absolute atomic E-state index is 5.40. The SMILES string of the molecule is COCCOCCCCNc1ccc2nccnc2n1. The van der Waals surface area contributed by atoms with Gasteiger partial charge in [-0.25, -0.2) is 9.97 Å². The molecule has 0 saturated heterocycles. The number of rotatable bonds is 9. The van der Waals surface area contributed by atoms with E-state index >= 15 is 0 Å². The van der Waals surface area contributed by atoms with Gasteiger partial charge in [-0.05, 0) is 25.0 Å². The van der Waals surface area contributed by atoms with Gasteiger partial charge >= 0.3 is 0 Å². The highest BCUT2D eigenvalue weighted by molar-refractivity contribution is 5.71. The fourth-order valence-electron chi connectivity index (χ4n) is 1.74. The van der Waals surface area contributed by atoms with Crippen molar-refractivity contribution in [3.05, 3.63) is 24.5 Å². The summed E-state index contributed by atoms with van der Waals surface area (Å²) in [6.07, 6.45) is 5.37. The summed E-state index contributed by atoms with van der Waals surface area (Å²) in [7, 11) is 1.67. The Bertz CT molecular complexity index is 521. The zero-order valence-corrected chi connectivity index (χ0v) is 11.7. The van der Waals surface area contributed by atoms with Crippen LogP contribution in [-0.2, 0) is 9.47 Å². The number of fused-ring (bicyclic) bond motifs is 1. The monoisotopic (exact) mass is 276 g/mol. The third-order valence-electron chi connectivity index (χ3n) is 2.78. The number of nitrogens with one attached hydrogen (secondary N) is 1. The lowest BCUT2D eigenvalue weighted by Crippen LogP contribution is -2.07. The van der Waals surface area contributed by atoms with E-state index in [-0.39, 0.29) is 0 Å². The molecule has 0 amide bonds. The van der Waals surface area contributed by atoms with Crippen LogP contribution < -0.4 is 5.32 Å². The summed E-state index contributed by atoms with van der Waals surface area (Å²) in [6, 6.07) is 3.84. The van der Waals surface area contributed by atoms with Gasteiger partial charge in [0.05, 0.1) is 13.2 Å². The van der Waals surface area contributed by atoms with Crippen LogP contribution >= 0.6 is 0 Å². The lowest BCUT2D eigenvalue weighted by atomic mass is 10.3. The van der Waals surface area contributed by atoms with Gasteiger partial charge in [-0.3, -0.25) is 4.98 Å². The second-order valence-corrected chi connectivity index (χ2v) is 4.33. The molecule has 0 bridgehead atoms. The highest BCUT2D eigenvalue weighted by Crippen LogP contribution is 2.10. The van der Waals surface area contributed by atoms with Gasteiger partial charge in [-0.2, -0.15) is 0 Å². The predicted octanol–water partition coefficient (Wildman–Crippen LogP) is 1.88. The van der Waals surface area contributed by atoms with E-state index in [4.69, 9.17) is 9.47 Å². The largest absolute Gasteiger partial charge is 0.382 e. The number of methoxy groups -OCH3 is 1. The Morgan fingerprint density at radius 1 is 1.05 bits per heavy atom. The van der Waals surface area contributed by atoms with Crippen molar-refractivity contribution >= 4 is 17.0 Å². The molecule has 0 atom stereocenters. The number of pyridine rings is 1. The highest BCUT2D eigenvalue weighted by atomic mass is 16.5. The molecule has 0 fully saturated rings. The number of ether oxygens (including phenoxy) is 2. The Labute approximate surface area is 118 Å². The normalized spacial score (nSPS) is 10.8. The zero-order valence-electron chi connectivity index (χ0n) is 11.7. The molecule has 2 heterocycles. The first-order valence-corrected chi connectivity index (χ1v) is 6.78. The molecule has 0 radical (unpaired) electrons. The molecule has 0 aliphatic carbocycles. The standard InChI is InChI=1S/C14H20N4O2/c1-19-10-11-20-9-3-2-6-16-13-5-4-12-14(18-13)17-8-7-15-12/h4-5,7-8H,2-3,6,9-11H2,1H3,(H,16,17,18). The third-order valence-corrected chi connectivity index (χ3v) is 2.78. The first kappa shape index (κ1) is 14.6. The summed E-state index contributed by atoms with van der Waals surface area (Å²) in [5.74, 6) is 0.832. The van der Waals surface area contributed by atoms with Crippen molar-refractivity contribution in [1.29, 1.82) is 0 Å². The van der Waals surface area contributed by atoms with E-state index in [9.17, 15) is 0 Å². The lowest BCUT2D eigenvalue weighted by molar-refractivity contribution is 0.0691. The van der Waals surface area contributed by atoms with Crippen LogP contribution in [0.3, 0.4) is 0 Å². The van der Waals surface area contributed by atoms with Crippen LogP contribution in [0.1, 0.15) is 12.8 Å². The van der Waals surface area contributed by atoms with Crippen molar-refractivity contribution in [2.75, 3.05) is 38.8 Å². The molecule has 0 aliphatic heterocycles. The molecule has 6 nitrogen and oxygen atoms in total. The molecule has 1 N–H and O–H groups in total. The van der Waals surface area contributed by atoms with E-state index in [1.807, 2.05) is 12.1 Å². The second kappa shape index (κ2) is 8.39. The lowest BCUT2D eigenvalue weighted by Gasteiger charge is -2.06. The van der Waals surface area contributed by atoms with Gasteiger partial charge in [0.15, 0.2) is 5.65 Å². The Kier molecular flexibility index (Phi) is 6.13. The minimum Gasteiger partial charge on any atom is -0.382 e. The Morgan fingerprint density at radius 2 is 1.95 bits per heavy atom. The van der Waals surface area contributed by atoms with Crippen LogP contribution in [0.5, 0.6) is 0 Å². The maximum atomic E-state index is 5.40. The number of aromatic nitrogens is 3. The van der Waals surface area contributed by atoms with Crippen molar-refractivity contribution in [3.63, 3.8) is 0 Å². The van der Waals surface area contributed by atoms with Crippen molar-refractivity contribution in [1.82, 2.24) is 15.0 Å². The predicted molar refractivity (Wildman–Crippen MR) is 77.8 cm³/mol. The van der Waals surface area contributed by atoms with Crippen LogP contribution in [0.2, 0.25) is 0 Å². The van der Waals surface area contributed by atoms with Gasteiger partial charge < -0.3 is 14.8 Å². The topological polar surface area (TPSA) is 69.2 Å². The van der Waals surface area contributed by atoms with Crippen LogP contribution in [0.25, 0.3) is 11.2 Å². The molecule has 0 aromatic carbocycles. The smallest absolute Gasteiger partial charge is 0.180 e.